The fourth-order valence-corrected chi connectivity index (χ4v) is 2.98. The van der Waals surface area contributed by atoms with Crippen molar-refractivity contribution in [3.8, 4) is 11.5 Å². The molecule has 3 amide bonds. The maximum Gasteiger partial charge on any atom is 0.323 e. The number of anilines is 3. The van der Waals surface area contributed by atoms with Gasteiger partial charge in [-0.25, -0.2) is 14.8 Å². The molecule has 0 unspecified atom stereocenters. The van der Waals surface area contributed by atoms with Gasteiger partial charge >= 0.3 is 6.03 Å². The predicted octanol–water partition coefficient (Wildman–Crippen LogP) is 1.68. The van der Waals surface area contributed by atoms with E-state index in [9.17, 15) is 9.59 Å². The number of carbonyl (C=O) groups excluding carboxylic acids is 2. The molecule has 0 aliphatic carbocycles. The lowest BCUT2D eigenvalue weighted by molar-refractivity contribution is 0.102. The second-order valence-corrected chi connectivity index (χ2v) is 6.38. The number of nitrogens with one attached hydrogen (secondary N) is 3. The van der Waals surface area contributed by atoms with Gasteiger partial charge in [0.25, 0.3) is 5.91 Å². The van der Waals surface area contributed by atoms with Crippen molar-refractivity contribution < 1.29 is 14.0 Å². The van der Waals surface area contributed by atoms with Gasteiger partial charge in [0, 0.05) is 38.4 Å². The van der Waals surface area contributed by atoms with E-state index < -0.39 is 5.91 Å². The van der Waals surface area contributed by atoms with Crippen molar-refractivity contribution in [3.63, 3.8) is 0 Å². The molecule has 3 aromatic heterocycles. The highest BCUT2D eigenvalue weighted by molar-refractivity contribution is 6.06. The minimum Gasteiger partial charge on any atom is -0.444 e. The van der Waals surface area contributed by atoms with E-state index in [1.165, 1.54) is 15.8 Å². The third kappa shape index (κ3) is 3.74. The van der Waals surface area contributed by atoms with Crippen LogP contribution in [0.3, 0.4) is 0 Å². The maximum atomic E-state index is 12.7. The fourth-order valence-electron chi connectivity index (χ4n) is 2.98. The summed E-state index contributed by atoms with van der Waals surface area (Å²) in [6.45, 7) is 3.71. The Bertz CT molecular complexity index is 1060. The normalized spacial score (nSPS) is 13.4. The molecule has 1 aliphatic rings. The van der Waals surface area contributed by atoms with Crippen LogP contribution in [0.25, 0.3) is 11.5 Å². The second-order valence-electron chi connectivity index (χ2n) is 6.38. The van der Waals surface area contributed by atoms with Gasteiger partial charge < -0.3 is 20.4 Å². The van der Waals surface area contributed by atoms with E-state index in [2.05, 4.69) is 31.0 Å². The van der Waals surface area contributed by atoms with Gasteiger partial charge in [0.05, 0.1) is 6.20 Å². The summed E-state index contributed by atoms with van der Waals surface area (Å²) in [5.41, 5.74) is 1.23. The molecule has 4 rings (SSSR count). The summed E-state index contributed by atoms with van der Waals surface area (Å²) in [6, 6.07) is 3.29. The third-order valence-electron chi connectivity index (χ3n) is 4.27. The molecule has 3 aromatic rings. The first kappa shape index (κ1) is 18.5. The Morgan fingerprint density at radius 2 is 2.28 bits per heavy atom. The maximum absolute atomic E-state index is 12.7. The summed E-state index contributed by atoms with van der Waals surface area (Å²) in [5.74, 6) is 0.916. The van der Waals surface area contributed by atoms with Crippen molar-refractivity contribution >= 4 is 29.3 Å². The van der Waals surface area contributed by atoms with E-state index in [0.717, 1.165) is 6.54 Å². The topological polar surface area (TPSA) is 130 Å². The highest BCUT2D eigenvalue weighted by Gasteiger charge is 2.27. The first-order valence-electron chi connectivity index (χ1n) is 9.11. The second kappa shape index (κ2) is 7.62. The molecule has 0 radical (unpaired) electrons. The van der Waals surface area contributed by atoms with Crippen molar-refractivity contribution in [2.24, 2.45) is 7.05 Å². The van der Waals surface area contributed by atoms with Gasteiger partial charge in [-0.1, -0.05) is 0 Å². The summed E-state index contributed by atoms with van der Waals surface area (Å²) in [5, 5.41) is 12.9. The monoisotopic (exact) mass is 396 g/mol. The van der Waals surface area contributed by atoms with Crippen LogP contribution in [0, 0.1) is 0 Å². The average molecular weight is 396 g/mol. The Hall–Kier alpha value is -3.89. The molecule has 1 fully saturated rings. The largest absolute Gasteiger partial charge is 0.444 e. The van der Waals surface area contributed by atoms with Crippen LogP contribution in [0.1, 0.15) is 17.4 Å². The molecule has 4 heterocycles. The van der Waals surface area contributed by atoms with Crippen LogP contribution in [0.2, 0.25) is 0 Å². The number of hydrogen-bond acceptors (Lipinski definition) is 7. The number of aromatic nitrogens is 4. The van der Waals surface area contributed by atoms with Gasteiger partial charge in [-0.05, 0) is 19.1 Å². The van der Waals surface area contributed by atoms with Crippen molar-refractivity contribution in [1.29, 1.82) is 0 Å². The zero-order valence-electron chi connectivity index (χ0n) is 16.0. The molecule has 11 nitrogen and oxygen atoms in total. The zero-order valence-corrected chi connectivity index (χ0v) is 16.0. The fraction of sp³-hybridized carbons (Fsp3) is 0.278. The van der Waals surface area contributed by atoms with E-state index in [1.807, 2.05) is 6.92 Å². The van der Waals surface area contributed by atoms with Crippen molar-refractivity contribution in [1.82, 2.24) is 25.1 Å². The number of carbonyl (C=O) groups is 2. The van der Waals surface area contributed by atoms with Crippen molar-refractivity contribution in [3.05, 3.63) is 36.5 Å². The molecule has 0 bridgehead atoms. The molecule has 0 atom stereocenters. The van der Waals surface area contributed by atoms with Gasteiger partial charge in [0.15, 0.2) is 11.5 Å². The molecule has 29 heavy (non-hydrogen) atoms. The van der Waals surface area contributed by atoms with Gasteiger partial charge in [-0.15, -0.1) is 0 Å². The molecule has 0 saturated carbocycles. The summed E-state index contributed by atoms with van der Waals surface area (Å²) in [6.07, 6.45) is 4.56. The van der Waals surface area contributed by atoms with E-state index in [4.69, 9.17) is 4.42 Å². The quantitative estimate of drug-likeness (QED) is 0.578. The SMILES string of the molecule is CCNc1cc(-c2nc(C(=O)Nc3cn(C)nc3N3CCNC3=O)co2)ccn1. The molecular formula is C18H20N8O3. The lowest BCUT2D eigenvalue weighted by Crippen LogP contribution is -2.29. The average Bonchev–Trinajstić information content (AvgIpc) is 3.42. The van der Waals surface area contributed by atoms with Crippen molar-refractivity contribution in [2.45, 2.75) is 6.92 Å². The van der Waals surface area contributed by atoms with Gasteiger partial charge in [-0.3, -0.25) is 14.4 Å². The molecule has 0 aromatic carbocycles. The Kier molecular flexibility index (Phi) is 4.85. The van der Waals surface area contributed by atoms with Gasteiger partial charge in [0.1, 0.15) is 17.8 Å². The van der Waals surface area contributed by atoms with Crippen LogP contribution in [-0.2, 0) is 7.05 Å². The van der Waals surface area contributed by atoms with E-state index in [1.54, 1.807) is 31.6 Å². The molecule has 1 saturated heterocycles. The molecular weight excluding hydrogens is 376 g/mol. The standard InChI is InChI=1S/C18H20N8O3/c1-3-19-14-8-11(4-5-20-14)17-23-13(10-29-17)16(27)22-12-9-25(2)24-15(12)26-7-6-21-18(26)28/h4-5,8-10H,3,6-7H2,1-2H3,(H,19,20)(H,21,28)(H,22,27). The lowest BCUT2D eigenvalue weighted by Gasteiger charge is -2.12. The summed E-state index contributed by atoms with van der Waals surface area (Å²) >= 11 is 0. The number of aryl methyl sites for hydroxylation is 1. The molecule has 11 heteroatoms. The first-order valence-corrected chi connectivity index (χ1v) is 9.11. The Morgan fingerprint density at radius 1 is 1.41 bits per heavy atom. The van der Waals surface area contributed by atoms with Gasteiger partial charge in [-0.2, -0.15) is 5.10 Å². The first-order chi connectivity index (χ1) is 14.0. The Balaban J connectivity index is 1.53. The number of pyridine rings is 1. The summed E-state index contributed by atoms with van der Waals surface area (Å²) in [4.78, 5) is 34.6. The number of urea groups is 1. The molecule has 0 spiro atoms. The molecule has 1 aliphatic heterocycles. The minimum atomic E-state index is -0.463. The van der Waals surface area contributed by atoms with Crippen LogP contribution in [0.5, 0.6) is 0 Å². The van der Waals surface area contributed by atoms with Crippen molar-refractivity contribution in [2.75, 3.05) is 35.2 Å². The van der Waals surface area contributed by atoms with Crippen LogP contribution < -0.4 is 20.9 Å². The molecule has 3 N–H and O–H groups in total. The Morgan fingerprint density at radius 3 is 3.03 bits per heavy atom. The van der Waals surface area contributed by atoms with Gasteiger partial charge in [0.2, 0.25) is 5.89 Å². The van der Waals surface area contributed by atoms with Crippen LogP contribution >= 0.6 is 0 Å². The lowest BCUT2D eigenvalue weighted by atomic mass is 10.2. The smallest absolute Gasteiger partial charge is 0.323 e. The highest BCUT2D eigenvalue weighted by Crippen LogP contribution is 2.26. The van der Waals surface area contributed by atoms with E-state index in [0.29, 0.717) is 41.9 Å². The van der Waals surface area contributed by atoms with Crippen LogP contribution in [0.15, 0.2) is 35.2 Å². The zero-order chi connectivity index (χ0) is 20.4. The van der Waals surface area contributed by atoms with E-state index >= 15 is 0 Å². The number of oxazole rings is 1. The number of rotatable bonds is 6. The van der Waals surface area contributed by atoms with Crippen LogP contribution in [-0.4, -0.2) is 51.3 Å². The third-order valence-corrected chi connectivity index (χ3v) is 4.27. The number of nitrogens with zero attached hydrogens (tertiary/aromatic N) is 5. The number of hydrogen-bond donors (Lipinski definition) is 3. The minimum absolute atomic E-state index is 0.113. The summed E-state index contributed by atoms with van der Waals surface area (Å²) < 4.78 is 7.00. The number of amides is 3. The van der Waals surface area contributed by atoms with E-state index in [-0.39, 0.29) is 11.7 Å². The highest BCUT2D eigenvalue weighted by atomic mass is 16.3. The Labute approximate surface area is 166 Å². The molecule has 150 valence electrons. The predicted molar refractivity (Wildman–Crippen MR) is 106 cm³/mol. The van der Waals surface area contributed by atoms with Crippen LogP contribution in [0.4, 0.5) is 22.1 Å². The summed E-state index contributed by atoms with van der Waals surface area (Å²) in [7, 11) is 1.71.